The third-order valence-electron chi connectivity index (χ3n) is 3.14. The quantitative estimate of drug-likeness (QED) is 0.848. The van der Waals surface area contributed by atoms with Crippen molar-refractivity contribution < 1.29 is 14.7 Å². The van der Waals surface area contributed by atoms with Crippen LogP contribution < -0.4 is 10.2 Å². The number of hydrogen-bond acceptors (Lipinski definition) is 3. The highest BCUT2D eigenvalue weighted by Crippen LogP contribution is 2.22. The van der Waals surface area contributed by atoms with Crippen LogP contribution in [-0.4, -0.2) is 36.1 Å². The molecule has 1 aliphatic rings. The van der Waals surface area contributed by atoms with E-state index in [2.05, 4.69) is 5.32 Å². The predicted octanol–water partition coefficient (Wildman–Crippen LogP) is 0.924. The summed E-state index contributed by atoms with van der Waals surface area (Å²) in [7, 11) is 0. The first-order chi connectivity index (χ1) is 9.11. The number of amides is 2. The van der Waals surface area contributed by atoms with Gasteiger partial charge in [-0.3, -0.25) is 9.59 Å². The lowest BCUT2D eigenvalue weighted by atomic mass is 10.1. The topological polar surface area (TPSA) is 69.6 Å². The van der Waals surface area contributed by atoms with Crippen LogP contribution >= 0.6 is 0 Å². The zero-order valence-corrected chi connectivity index (χ0v) is 10.9. The highest BCUT2D eigenvalue weighted by atomic mass is 16.3. The molecule has 1 atom stereocenters. The molecule has 1 fully saturated rings. The Morgan fingerprint density at radius 2 is 2.32 bits per heavy atom. The van der Waals surface area contributed by atoms with Gasteiger partial charge in [-0.05, 0) is 31.5 Å². The van der Waals surface area contributed by atoms with Crippen LogP contribution in [0.3, 0.4) is 0 Å². The highest BCUT2D eigenvalue weighted by molar-refractivity contribution is 5.99. The van der Waals surface area contributed by atoms with E-state index in [0.717, 1.165) is 12.1 Å². The van der Waals surface area contributed by atoms with E-state index in [4.69, 9.17) is 5.11 Å². The number of aliphatic hydroxyl groups is 1. The molecular formula is C14H18N2O3. The van der Waals surface area contributed by atoms with Gasteiger partial charge >= 0.3 is 0 Å². The van der Waals surface area contributed by atoms with Gasteiger partial charge in [0.15, 0.2) is 0 Å². The Labute approximate surface area is 112 Å². The molecule has 0 aliphatic carbocycles. The highest BCUT2D eigenvalue weighted by Gasteiger charge is 2.22. The summed E-state index contributed by atoms with van der Waals surface area (Å²) in [6.07, 6.45) is 1.43. The van der Waals surface area contributed by atoms with Crippen molar-refractivity contribution in [1.82, 2.24) is 5.32 Å². The van der Waals surface area contributed by atoms with Crippen LogP contribution in [0, 0.1) is 0 Å². The zero-order valence-electron chi connectivity index (χ0n) is 10.9. The Balaban J connectivity index is 2.15. The Hall–Kier alpha value is -1.88. The van der Waals surface area contributed by atoms with E-state index in [9.17, 15) is 9.59 Å². The van der Waals surface area contributed by atoms with Crippen molar-refractivity contribution in [1.29, 1.82) is 0 Å². The fraction of sp³-hybridized carbons (Fsp3) is 0.429. The number of carbonyl (C=O) groups is 2. The Kier molecular flexibility index (Phi) is 4.16. The summed E-state index contributed by atoms with van der Waals surface area (Å²) in [5.41, 5.74) is 1.25. The first-order valence-electron chi connectivity index (χ1n) is 6.44. The van der Waals surface area contributed by atoms with E-state index in [0.29, 0.717) is 18.5 Å². The van der Waals surface area contributed by atoms with Gasteiger partial charge in [-0.1, -0.05) is 6.07 Å². The van der Waals surface area contributed by atoms with Gasteiger partial charge in [0.2, 0.25) is 5.91 Å². The minimum absolute atomic E-state index is 0.0984. The number of benzene rings is 1. The van der Waals surface area contributed by atoms with Crippen LogP contribution in [0.15, 0.2) is 24.3 Å². The average molecular weight is 262 g/mol. The minimum atomic E-state index is -0.287. The SMILES string of the molecule is CC(CO)NC(=O)c1cccc(N2CCCC2=O)c1. The molecule has 0 radical (unpaired) electrons. The smallest absolute Gasteiger partial charge is 0.251 e. The van der Waals surface area contributed by atoms with Gasteiger partial charge in [0, 0.05) is 30.3 Å². The van der Waals surface area contributed by atoms with Gasteiger partial charge in [-0.2, -0.15) is 0 Å². The summed E-state index contributed by atoms with van der Waals surface area (Å²) >= 11 is 0. The van der Waals surface area contributed by atoms with E-state index < -0.39 is 0 Å². The van der Waals surface area contributed by atoms with Crippen LogP contribution in [0.5, 0.6) is 0 Å². The van der Waals surface area contributed by atoms with Crippen LogP contribution in [0.4, 0.5) is 5.69 Å². The van der Waals surface area contributed by atoms with Crippen molar-refractivity contribution in [3.8, 4) is 0 Å². The van der Waals surface area contributed by atoms with Gasteiger partial charge in [0.05, 0.1) is 6.61 Å². The standard InChI is InChI=1S/C14H18N2O3/c1-10(9-17)15-14(19)11-4-2-5-12(8-11)16-7-3-6-13(16)18/h2,4-5,8,10,17H,3,6-7,9H2,1H3,(H,15,19). The number of aliphatic hydroxyl groups excluding tert-OH is 1. The van der Waals surface area contributed by atoms with Crippen molar-refractivity contribution in [2.75, 3.05) is 18.1 Å². The molecule has 1 aromatic carbocycles. The lowest BCUT2D eigenvalue weighted by Gasteiger charge is -2.17. The number of carbonyl (C=O) groups excluding carboxylic acids is 2. The Morgan fingerprint density at radius 3 is 2.95 bits per heavy atom. The van der Waals surface area contributed by atoms with Crippen molar-refractivity contribution in [2.45, 2.75) is 25.8 Å². The number of nitrogens with zero attached hydrogens (tertiary/aromatic N) is 1. The molecule has 0 aromatic heterocycles. The maximum atomic E-state index is 11.9. The second-order valence-corrected chi connectivity index (χ2v) is 4.76. The maximum Gasteiger partial charge on any atom is 0.251 e. The van der Waals surface area contributed by atoms with E-state index in [1.165, 1.54) is 0 Å². The van der Waals surface area contributed by atoms with E-state index >= 15 is 0 Å². The molecule has 1 heterocycles. The maximum absolute atomic E-state index is 11.9. The summed E-state index contributed by atoms with van der Waals surface area (Å²) in [6, 6.07) is 6.71. The molecule has 2 N–H and O–H groups in total. The summed E-state index contributed by atoms with van der Waals surface area (Å²) in [5, 5.41) is 11.6. The molecule has 19 heavy (non-hydrogen) atoms. The molecule has 102 valence electrons. The molecular weight excluding hydrogens is 244 g/mol. The van der Waals surface area contributed by atoms with Gasteiger partial charge in [0.1, 0.15) is 0 Å². The molecule has 5 nitrogen and oxygen atoms in total. The van der Waals surface area contributed by atoms with Crippen LogP contribution in [0.2, 0.25) is 0 Å². The molecule has 0 spiro atoms. The van der Waals surface area contributed by atoms with Gasteiger partial charge < -0.3 is 15.3 Å². The van der Waals surface area contributed by atoms with E-state index in [-0.39, 0.29) is 24.5 Å². The van der Waals surface area contributed by atoms with Gasteiger partial charge in [-0.15, -0.1) is 0 Å². The molecule has 0 saturated carbocycles. The Morgan fingerprint density at radius 1 is 1.53 bits per heavy atom. The first-order valence-corrected chi connectivity index (χ1v) is 6.44. The molecule has 5 heteroatoms. The summed E-state index contributed by atoms with van der Waals surface area (Å²) in [5.74, 6) is -0.142. The number of rotatable bonds is 4. The number of anilines is 1. The lowest BCUT2D eigenvalue weighted by Crippen LogP contribution is -2.35. The third kappa shape index (κ3) is 3.12. The normalized spacial score (nSPS) is 16.5. The van der Waals surface area contributed by atoms with Crippen LogP contribution in [0.1, 0.15) is 30.1 Å². The average Bonchev–Trinajstić information content (AvgIpc) is 2.85. The summed E-state index contributed by atoms with van der Waals surface area (Å²) < 4.78 is 0. The third-order valence-corrected chi connectivity index (χ3v) is 3.14. The Bertz CT molecular complexity index is 487. The van der Waals surface area contributed by atoms with Crippen LogP contribution in [0.25, 0.3) is 0 Å². The molecule has 1 unspecified atom stereocenters. The van der Waals surface area contributed by atoms with Gasteiger partial charge in [-0.25, -0.2) is 0 Å². The summed E-state index contributed by atoms with van der Waals surface area (Å²) in [6.45, 7) is 2.33. The van der Waals surface area contributed by atoms with Crippen molar-refractivity contribution in [2.24, 2.45) is 0 Å². The van der Waals surface area contributed by atoms with Crippen molar-refractivity contribution >= 4 is 17.5 Å². The molecule has 1 saturated heterocycles. The molecule has 1 aromatic rings. The van der Waals surface area contributed by atoms with Crippen molar-refractivity contribution in [3.63, 3.8) is 0 Å². The van der Waals surface area contributed by atoms with E-state index in [1.54, 1.807) is 30.0 Å². The summed E-state index contributed by atoms with van der Waals surface area (Å²) in [4.78, 5) is 25.3. The second kappa shape index (κ2) is 5.84. The molecule has 2 rings (SSSR count). The number of hydrogen-bond donors (Lipinski definition) is 2. The predicted molar refractivity (Wildman–Crippen MR) is 72.0 cm³/mol. The largest absolute Gasteiger partial charge is 0.394 e. The first kappa shape index (κ1) is 13.5. The lowest BCUT2D eigenvalue weighted by molar-refractivity contribution is -0.117. The number of nitrogens with one attached hydrogen (secondary N) is 1. The zero-order chi connectivity index (χ0) is 13.8. The molecule has 1 aliphatic heterocycles. The molecule has 2 amide bonds. The monoisotopic (exact) mass is 262 g/mol. The fourth-order valence-electron chi connectivity index (χ4n) is 2.09. The second-order valence-electron chi connectivity index (χ2n) is 4.76. The minimum Gasteiger partial charge on any atom is -0.394 e. The van der Waals surface area contributed by atoms with Crippen molar-refractivity contribution in [3.05, 3.63) is 29.8 Å². The molecule has 0 bridgehead atoms. The fourth-order valence-corrected chi connectivity index (χ4v) is 2.09. The van der Waals surface area contributed by atoms with E-state index in [1.807, 2.05) is 6.07 Å². The van der Waals surface area contributed by atoms with Gasteiger partial charge in [0.25, 0.3) is 5.91 Å². The van der Waals surface area contributed by atoms with Crippen LogP contribution in [-0.2, 0) is 4.79 Å².